The van der Waals surface area contributed by atoms with E-state index in [-0.39, 0.29) is 0 Å². The lowest BCUT2D eigenvalue weighted by atomic mass is 9.96. The molecule has 0 amide bonds. The van der Waals surface area contributed by atoms with Gasteiger partial charge in [-0.2, -0.15) is 0 Å². The van der Waals surface area contributed by atoms with Crippen molar-refractivity contribution in [3.8, 4) is 0 Å². The molecular weight excluding hydrogens is 496 g/mol. The van der Waals surface area contributed by atoms with E-state index in [0.717, 1.165) is 0 Å². The highest BCUT2D eigenvalue weighted by atomic mass is 15.1. The predicted octanol–water partition coefficient (Wildman–Crippen LogP) is 14.3. The summed E-state index contributed by atoms with van der Waals surface area (Å²) in [7, 11) is 0. The molecule has 0 N–H and O–H groups in total. The molecule has 0 aromatic carbocycles. The quantitative estimate of drug-likeness (QED) is 0.0785. The monoisotopic (exact) mass is 573 g/mol. The smallest absolute Gasteiger partial charge is 0.111 e. The Hall–Kier alpha value is -0.790. The standard InChI is InChI=1S/C39H76N2/c1-5-8-10-12-14-16-18-20-22-23-25-27-29-31-33-37(4)41-36-35-40-39(41)38(7-3)34-32-30-28-26-24-21-19-17-15-13-11-9-6-2/h35-38H,5-34H2,1-4H3. The molecule has 2 heteroatoms. The third kappa shape index (κ3) is 21.5. The highest BCUT2D eigenvalue weighted by Gasteiger charge is 2.18. The van der Waals surface area contributed by atoms with Crippen LogP contribution < -0.4 is 0 Å². The molecule has 2 atom stereocenters. The summed E-state index contributed by atoms with van der Waals surface area (Å²) in [5.74, 6) is 2.00. The van der Waals surface area contributed by atoms with Crippen LogP contribution in [0.4, 0.5) is 0 Å². The molecule has 0 aliphatic heterocycles. The van der Waals surface area contributed by atoms with Gasteiger partial charge < -0.3 is 4.57 Å². The lowest BCUT2D eigenvalue weighted by Gasteiger charge is -2.21. The maximum atomic E-state index is 4.87. The molecule has 1 aromatic heterocycles. The molecule has 41 heavy (non-hydrogen) atoms. The van der Waals surface area contributed by atoms with Gasteiger partial charge in [0.25, 0.3) is 0 Å². The van der Waals surface area contributed by atoms with Crippen LogP contribution in [0.5, 0.6) is 0 Å². The highest BCUT2D eigenvalue weighted by Crippen LogP contribution is 2.28. The first kappa shape index (κ1) is 38.2. The summed E-state index contributed by atoms with van der Waals surface area (Å²) in [5, 5.41) is 0. The summed E-state index contributed by atoms with van der Waals surface area (Å²) in [6, 6.07) is 0.588. The number of nitrogens with zero attached hydrogens (tertiary/aromatic N) is 2. The molecule has 2 unspecified atom stereocenters. The molecule has 0 spiro atoms. The summed E-state index contributed by atoms with van der Waals surface area (Å²) in [6.45, 7) is 9.40. The normalized spacial score (nSPS) is 13.2. The van der Waals surface area contributed by atoms with Gasteiger partial charge in [0.2, 0.25) is 0 Å². The Balaban J connectivity index is 2.06. The van der Waals surface area contributed by atoms with Crippen LogP contribution in [0.1, 0.15) is 238 Å². The van der Waals surface area contributed by atoms with Gasteiger partial charge in [-0.25, -0.2) is 4.98 Å². The van der Waals surface area contributed by atoms with E-state index >= 15 is 0 Å². The second-order valence-corrected chi connectivity index (χ2v) is 13.6. The molecule has 1 heterocycles. The minimum Gasteiger partial charge on any atom is -0.332 e. The van der Waals surface area contributed by atoms with E-state index < -0.39 is 0 Å². The maximum absolute atomic E-state index is 4.87. The Morgan fingerprint density at radius 2 is 0.829 bits per heavy atom. The van der Waals surface area contributed by atoms with Crippen LogP contribution in [0.15, 0.2) is 12.4 Å². The number of aromatic nitrogens is 2. The fourth-order valence-corrected chi connectivity index (χ4v) is 6.71. The molecule has 2 nitrogen and oxygen atoms in total. The predicted molar refractivity (Wildman–Crippen MR) is 185 cm³/mol. The van der Waals surface area contributed by atoms with Gasteiger partial charge in [0.1, 0.15) is 5.82 Å². The molecule has 242 valence electrons. The minimum atomic E-state index is 0.588. The molecule has 0 saturated carbocycles. The maximum Gasteiger partial charge on any atom is 0.111 e. The lowest BCUT2D eigenvalue weighted by Crippen LogP contribution is -2.12. The van der Waals surface area contributed by atoms with Crippen molar-refractivity contribution in [3.63, 3.8) is 0 Å². The number of imidazole rings is 1. The van der Waals surface area contributed by atoms with Crippen LogP contribution in [0.3, 0.4) is 0 Å². The molecule has 0 aliphatic carbocycles. The van der Waals surface area contributed by atoms with E-state index in [1.54, 1.807) is 0 Å². The van der Waals surface area contributed by atoms with Crippen LogP contribution >= 0.6 is 0 Å². The van der Waals surface area contributed by atoms with Crippen molar-refractivity contribution in [2.24, 2.45) is 0 Å². The molecule has 1 rings (SSSR count). The zero-order chi connectivity index (χ0) is 29.6. The van der Waals surface area contributed by atoms with Crippen LogP contribution in [-0.4, -0.2) is 9.55 Å². The molecule has 0 saturated heterocycles. The molecule has 0 radical (unpaired) electrons. The first-order valence-electron chi connectivity index (χ1n) is 19.3. The Morgan fingerprint density at radius 3 is 1.20 bits per heavy atom. The van der Waals surface area contributed by atoms with E-state index in [0.29, 0.717) is 12.0 Å². The lowest BCUT2D eigenvalue weighted by molar-refractivity contribution is 0.425. The number of hydrogen-bond donors (Lipinski definition) is 0. The second-order valence-electron chi connectivity index (χ2n) is 13.6. The van der Waals surface area contributed by atoms with Gasteiger partial charge in [0, 0.05) is 24.4 Å². The van der Waals surface area contributed by atoms with Gasteiger partial charge in [-0.15, -0.1) is 0 Å². The fraction of sp³-hybridized carbons (Fsp3) is 0.923. The topological polar surface area (TPSA) is 17.8 Å². The first-order chi connectivity index (χ1) is 20.2. The molecule has 0 fully saturated rings. The minimum absolute atomic E-state index is 0.588. The highest BCUT2D eigenvalue weighted by molar-refractivity contribution is 5.02. The summed E-state index contributed by atoms with van der Waals surface area (Å²) >= 11 is 0. The van der Waals surface area contributed by atoms with Gasteiger partial charge in [0.15, 0.2) is 0 Å². The number of rotatable bonds is 32. The largest absolute Gasteiger partial charge is 0.332 e. The Bertz CT molecular complexity index is 635. The van der Waals surface area contributed by atoms with Crippen LogP contribution in [0.2, 0.25) is 0 Å². The van der Waals surface area contributed by atoms with Gasteiger partial charge >= 0.3 is 0 Å². The Labute approximate surface area is 259 Å². The SMILES string of the molecule is CCCCCCCCCCCCCCCCC(C)n1ccnc1C(CC)CCCCCCCCCCCCCCC. The van der Waals surface area contributed by atoms with E-state index in [2.05, 4.69) is 44.7 Å². The van der Waals surface area contributed by atoms with Crippen LogP contribution in [0, 0.1) is 0 Å². The Kier molecular flexibility index (Phi) is 27.3. The van der Waals surface area contributed by atoms with Gasteiger partial charge in [0.05, 0.1) is 0 Å². The zero-order valence-electron chi connectivity index (χ0n) is 28.9. The van der Waals surface area contributed by atoms with Crippen molar-refractivity contribution >= 4 is 0 Å². The van der Waals surface area contributed by atoms with Gasteiger partial charge in [-0.1, -0.05) is 194 Å². The summed E-state index contributed by atoms with van der Waals surface area (Å²) in [5.41, 5.74) is 0. The first-order valence-corrected chi connectivity index (χ1v) is 19.3. The van der Waals surface area contributed by atoms with Gasteiger partial charge in [-0.3, -0.25) is 0 Å². The summed E-state index contributed by atoms with van der Waals surface area (Å²) in [4.78, 5) is 4.87. The van der Waals surface area contributed by atoms with Gasteiger partial charge in [-0.05, 0) is 26.2 Å². The van der Waals surface area contributed by atoms with Crippen molar-refractivity contribution in [1.82, 2.24) is 9.55 Å². The molecular formula is C39H76N2. The van der Waals surface area contributed by atoms with E-state index in [1.807, 2.05) is 0 Å². The molecule has 0 bridgehead atoms. The fourth-order valence-electron chi connectivity index (χ4n) is 6.71. The Morgan fingerprint density at radius 1 is 0.488 bits per heavy atom. The number of hydrogen-bond acceptors (Lipinski definition) is 1. The average molecular weight is 573 g/mol. The van der Waals surface area contributed by atoms with Crippen molar-refractivity contribution in [2.45, 2.75) is 232 Å². The summed E-state index contributed by atoms with van der Waals surface area (Å²) < 4.78 is 2.53. The van der Waals surface area contributed by atoms with E-state index in [4.69, 9.17) is 4.98 Å². The zero-order valence-corrected chi connectivity index (χ0v) is 28.9. The average Bonchev–Trinajstić information content (AvgIpc) is 3.47. The third-order valence-corrected chi connectivity index (χ3v) is 9.66. The van der Waals surface area contributed by atoms with Crippen molar-refractivity contribution in [3.05, 3.63) is 18.2 Å². The summed E-state index contributed by atoms with van der Waals surface area (Å²) in [6.07, 6.45) is 46.9. The van der Waals surface area contributed by atoms with Crippen LogP contribution in [0.25, 0.3) is 0 Å². The van der Waals surface area contributed by atoms with Crippen molar-refractivity contribution in [2.75, 3.05) is 0 Å². The second kappa shape index (κ2) is 29.3. The molecule has 1 aromatic rings. The van der Waals surface area contributed by atoms with Crippen molar-refractivity contribution in [1.29, 1.82) is 0 Å². The van der Waals surface area contributed by atoms with Crippen LogP contribution in [-0.2, 0) is 0 Å². The van der Waals surface area contributed by atoms with E-state index in [1.165, 1.54) is 198 Å². The molecule has 0 aliphatic rings. The number of unbranched alkanes of at least 4 members (excludes halogenated alkanes) is 25. The third-order valence-electron chi connectivity index (χ3n) is 9.66. The van der Waals surface area contributed by atoms with E-state index in [9.17, 15) is 0 Å². The van der Waals surface area contributed by atoms with Crippen molar-refractivity contribution < 1.29 is 0 Å².